The third kappa shape index (κ3) is 6.69. The van der Waals surface area contributed by atoms with E-state index in [0.717, 1.165) is 50.9 Å². The van der Waals surface area contributed by atoms with Crippen LogP contribution in [0.3, 0.4) is 0 Å². The quantitative estimate of drug-likeness (QED) is 0.492. The van der Waals surface area contributed by atoms with E-state index in [4.69, 9.17) is 22.8 Å². The SMILES string of the molecule is COCCCN1CCC[Si](OC)(OC)OC(COc2ccccc2)C1. The van der Waals surface area contributed by atoms with Gasteiger partial charge in [0.15, 0.2) is 0 Å². The van der Waals surface area contributed by atoms with Crippen LogP contribution in [0.4, 0.5) is 0 Å². The van der Waals surface area contributed by atoms with E-state index < -0.39 is 8.80 Å². The van der Waals surface area contributed by atoms with Crippen LogP contribution in [-0.2, 0) is 18.0 Å². The van der Waals surface area contributed by atoms with Gasteiger partial charge in [-0.3, -0.25) is 0 Å². The van der Waals surface area contributed by atoms with Gasteiger partial charge in [-0.1, -0.05) is 18.2 Å². The Balaban J connectivity index is 1.99. The molecule has 1 aliphatic rings. The highest BCUT2D eigenvalue weighted by atomic mass is 28.4. The van der Waals surface area contributed by atoms with Gasteiger partial charge < -0.3 is 27.7 Å². The lowest BCUT2D eigenvalue weighted by Gasteiger charge is -2.37. The molecule has 1 aromatic rings. The highest BCUT2D eigenvalue weighted by Crippen LogP contribution is 2.22. The van der Waals surface area contributed by atoms with Crippen molar-refractivity contribution in [1.82, 2.24) is 4.90 Å². The van der Waals surface area contributed by atoms with E-state index in [-0.39, 0.29) is 6.10 Å². The van der Waals surface area contributed by atoms with Gasteiger partial charge in [-0.05, 0) is 31.5 Å². The average molecular weight is 370 g/mol. The molecule has 7 heteroatoms. The largest absolute Gasteiger partial charge is 0.500 e. The standard InChI is InChI=1S/C18H31NO5Si/c1-20-13-7-11-19-12-8-14-25(21-2,22-3)24-18(15-19)16-23-17-9-5-4-6-10-17/h4-6,9-10,18H,7-8,11-16H2,1-3H3. The van der Waals surface area contributed by atoms with E-state index in [9.17, 15) is 0 Å². The summed E-state index contributed by atoms with van der Waals surface area (Å²) in [4.78, 5) is 2.42. The number of hydrogen-bond acceptors (Lipinski definition) is 6. The molecule has 0 spiro atoms. The summed E-state index contributed by atoms with van der Waals surface area (Å²) in [7, 11) is 2.49. The Morgan fingerprint density at radius 1 is 1.16 bits per heavy atom. The van der Waals surface area contributed by atoms with E-state index >= 15 is 0 Å². The molecule has 1 fully saturated rings. The third-order valence-corrected chi connectivity index (χ3v) is 7.29. The van der Waals surface area contributed by atoms with Crippen LogP contribution < -0.4 is 4.74 Å². The molecule has 6 nitrogen and oxygen atoms in total. The number of ether oxygens (including phenoxy) is 2. The van der Waals surface area contributed by atoms with Crippen LogP contribution in [0.1, 0.15) is 12.8 Å². The fraction of sp³-hybridized carbons (Fsp3) is 0.667. The van der Waals surface area contributed by atoms with Crippen molar-refractivity contribution in [1.29, 1.82) is 0 Å². The van der Waals surface area contributed by atoms with Crippen molar-refractivity contribution in [2.75, 3.05) is 54.2 Å². The Morgan fingerprint density at radius 3 is 2.60 bits per heavy atom. The summed E-state index contributed by atoms with van der Waals surface area (Å²) < 4.78 is 28.8. The Morgan fingerprint density at radius 2 is 1.92 bits per heavy atom. The molecule has 1 saturated heterocycles. The van der Waals surface area contributed by atoms with E-state index in [1.165, 1.54) is 0 Å². The molecule has 25 heavy (non-hydrogen) atoms. The van der Waals surface area contributed by atoms with Gasteiger partial charge in [-0.25, -0.2) is 0 Å². The van der Waals surface area contributed by atoms with Crippen molar-refractivity contribution in [3.63, 3.8) is 0 Å². The van der Waals surface area contributed by atoms with Crippen LogP contribution in [0, 0.1) is 0 Å². The Hall–Kier alpha value is -0.963. The third-order valence-electron chi connectivity index (χ3n) is 4.39. The number of para-hydroxylation sites is 1. The minimum Gasteiger partial charge on any atom is -0.491 e. The fourth-order valence-electron chi connectivity index (χ4n) is 3.06. The molecule has 0 saturated carbocycles. The first-order valence-corrected chi connectivity index (χ1v) is 10.8. The van der Waals surface area contributed by atoms with Gasteiger partial charge in [-0.15, -0.1) is 0 Å². The molecule has 0 aliphatic carbocycles. The first-order chi connectivity index (χ1) is 12.2. The molecular formula is C18H31NO5Si. The molecule has 0 aromatic heterocycles. The maximum Gasteiger partial charge on any atom is 0.500 e. The molecule has 2 rings (SSSR count). The van der Waals surface area contributed by atoms with Gasteiger partial charge in [0, 0.05) is 47.1 Å². The second-order valence-corrected chi connectivity index (χ2v) is 9.12. The van der Waals surface area contributed by atoms with Crippen LogP contribution in [0.5, 0.6) is 5.75 Å². The molecule has 1 aromatic carbocycles. The predicted molar refractivity (Wildman–Crippen MR) is 98.9 cm³/mol. The van der Waals surface area contributed by atoms with Crippen molar-refractivity contribution in [3.05, 3.63) is 30.3 Å². The summed E-state index contributed by atoms with van der Waals surface area (Å²) in [5.41, 5.74) is 0. The van der Waals surface area contributed by atoms with Crippen LogP contribution in [0.25, 0.3) is 0 Å². The maximum absolute atomic E-state index is 6.33. The minimum atomic E-state index is -2.61. The summed E-state index contributed by atoms with van der Waals surface area (Å²) >= 11 is 0. The van der Waals surface area contributed by atoms with Crippen molar-refractivity contribution in [2.24, 2.45) is 0 Å². The first-order valence-electron chi connectivity index (χ1n) is 8.88. The molecule has 0 amide bonds. The molecule has 1 atom stereocenters. The average Bonchev–Trinajstić information content (AvgIpc) is 2.64. The summed E-state index contributed by atoms with van der Waals surface area (Å²) in [5, 5.41) is 0. The van der Waals surface area contributed by atoms with Gasteiger partial charge in [0.2, 0.25) is 0 Å². The van der Waals surface area contributed by atoms with Crippen LogP contribution in [0.15, 0.2) is 30.3 Å². The van der Waals surface area contributed by atoms with E-state index in [1.807, 2.05) is 30.3 Å². The summed E-state index contributed by atoms with van der Waals surface area (Å²) in [5.74, 6) is 0.848. The second kappa shape index (κ2) is 10.9. The van der Waals surface area contributed by atoms with Gasteiger partial charge in [0.05, 0.1) is 6.10 Å². The van der Waals surface area contributed by atoms with Crippen molar-refractivity contribution in [3.8, 4) is 5.75 Å². The van der Waals surface area contributed by atoms with E-state index in [1.54, 1.807) is 21.3 Å². The van der Waals surface area contributed by atoms with Crippen molar-refractivity contribution in [2.45, 2.75) is 25.0 Å². The highest BCUT2D eigenvalue weighted by molar-refractivity contribution is 6.60. The predicted octanol–water partition coefficient (Wildman–Crippen LogP) is 2.42. The van der Waals surface area contributed by atoms with Crippen LogP contribution in [0.2, 0.25) is 6.04 Å². The topological polar surface area (TPSA) is 49.4 Å². The van der Waals surface area contributed by atoms with Crippen LogP contribution in [-0.4, -0.2) is 74.0 Å². The Kier molecular flexibility index (Phi) is 8.87. The zero-order valence-corrected chi connectivity index (χ0v) is 16.6. The number of methoxy groups -OCH3 is 1. The number of benzene rings is 1. The lowest BCUT2D eigenvalue weighted by molar-refractivity contribution is 0.00372. The summed E-state index contributed by atoms with van der Waals surface area (Å²) in [6.07, 6.45) is 1.93. The lowest BCUT2D eigenvalue weighted by Crippen LogP contribution is -2.53. The molecule has 142 valence electrons. The second-order valence-electron chi connectivity index (χ2n) is 6.21. The summed E-state index contributed by atoms with van der Waals surface area (Å²) in [6.45, 7) is 4.06. The normalized spacial score (nSPS) is 21.5. The molecule has 0 radical (unpaired) electrons. The number of hydrogen-bond donors (Lipinski definition) is 0. The zero-order chi connectivity index (χ0) is 18.0. The van der Waals surface area contributed by atoms with E-state index in [0.29, 0.717) is 6.61 Å². The van der Waals surface area contributed by atoms with Crippen molar-refractivity contribution < 1.29 is 22.8 Å². The maximum atomic E-state index is 6.33. The summed E-state index contributed by atoms with van der Waals surface area (Å²) in [6, 6.07) is 10.6. The van der Waals surface area contributed by atoms with Gasteiger partial charge in [-0.2, -0.15) is 0 Å². The van der Waals surface area contributed by atoms with Gasteiger partial charge in [0.25, 0.3) is 0 Å². The zero-order valence-electron chi connectivity index (χ0n) is 15.6. The molecule has 0 N–H and O–H groups in total. The Labute approximate surface area is 152 Å². The number of nitrogens with zero attached hydrogens (tertiary/aromatic N) is 1. The number of rotatable bonds is 9. The van der Waals surface area contributed by atoms with Gasteiger partial charge >= 0.3 is 8.80 Å². The molecule has 1 unspecified atom stereocenters. The monoisotopic (exact) mass is 369 g/mol. The first kappa shape index (κ1) is 20.4. The minimum absolute atomic E-state index is 0.0883. The highest BCUT2D eigenvalue weighted by Gasteiger charge is 2.42. The molecule has 0 bridgehead atoms. The Bertz CT molecular complexity index is 472. The molecular weight excluding hydrogens is 338 g/mol. The van der Waals surface area contributed by atoms with Crippen molar-refractivity contribution >= 4 is 8.80 Å². The van der Waals surface area contributed by atoms with E-state index in [2.05, 4.69) is 4.90 Å². The lowest BCUT2D eigenvalue weighted by atomic mass is 10.3. The van der Waals surface area contributed by atoms with Crippen LogP contribution >= 0.6 is 0 Å². The fourth-order valence-corrected chi connectivity index (χ4v) is 5.19. The molecule has 1 aliphatic heterocycles. The van der Waals surface area contributed by atoms with Gasteiger partial charge in [0.1, 0.15) is 12.4 Å². The smallest absolute Gasteiger partial charge is 0.491 e. The molecule has 1 heterocycles.